The number of piperazine rings is 1. The molecule has 6 nitrogen and oxygen atoms in total. The molecule has 1 aliphatic heterocycles. The number of hydrogen-bond acceptors (Lipinski definition) is 6. The molecule has 26 heavy (non-hydrogen) atoms. The van der Waals surface area contributed by atoms with Crippen LogP contribution < -0.4 is 9.80 Å². The number of nitrogens with zero attached hydrogens (tertiary/aromatic N) is 4. The highest BCUT2D eigenvalue weighted by Crippen LogP contribution is 2.28. The van der Waals surface area contributed by atoms with Crippen molar-refractivity contribution in [1.29, 1.82) is 0 Å². The standard InChI is InChI=1S/C20H20N4O2/c1-26-20(25)17-14-22-19(16-7-3-2-6-15(16)17)24-12-10-23(11-13-24)18-8-4-5-9-21-18/h2-9,14H,10-13H2,1H3. The molecule has 0 bridgehead atoms. The molecule has 1 fully saturated rings. The monoisotopic (exact) mass is 348 g/mol. The van der Waals surface area contributed by atoms with E-state index in [-0.39, 0.29) is 5.97 Å². The van der Waals surface area contributed by atoms with Crippen molar-refractivity contribution in [1.82, 2.24) is 9.97 Å². The molecule has 1 saturated heterocycles. The van der Waals surface area contributed by atoms with E-state index in [1.165, 1.54) is 7.11 Å². The fraction of sp³-hybridized carbons (Fsp3) is 0.250. The number of carbonyl (C=O) groups excluding carboxylic acids is 1. The van der Waals surface area contributed by atoms with E-state index < -0.39 is 0 Å². The van der Waals surface area contributed by atoms with Crippen molar-refractivity contribution in [2.45, 2.75) is 0 Å². The number of fused-ring (bicyclic) bond motifs is 1. The second kappa shape index (κ2) is 7.00. The number of hydrogen-bond donors (Lipinski definition) is 0. The van der Waals surface area contributed by atoms with Crippen molar-refractivity contribution in [3.63, 3.8) is 0 Å². The highest BCUT2D eigenvalue weighted by atomic mass is 16.5. The largest absolute Gasteiger partial charge is 0.465 e. The molecule has 3 heterocycles. The van der Waals surface area contributed by atoms with Gasteiger partial charge < -0.3 is 14.5 Å². The van der Waals surface area contributed by atoms with E-state index >= 15 is 0 Å². The summed E-state index contributed by atoms with van der Waals surface area (Å²) in [5, 5.41) is 1.85. The van der Waals surface area contributed by atoms with E-state index in [1.54, 1.807) is 6.20 Å². The average molecular weight is 348 g/mol. The molecule has 0 spiro atoms. The van der Waals surface area contributed by atoms with Gasteiger partial charge in [-0.1, -0.05) is 30.3 Å². The first kappa shape index (κ1) is 16.3. The summed E-state index contributed by atoms with van der Waals surface area (Å²) < 4.78 is 4.89. The van der Waals surface area contributed by atoms with Crippen LogP contribution in [0, 0.1) is 0 Å². The zero-order valence-electron chi connectivity index (χ0n) is 14.6. The Morgan fingerprint density at radius 2 is 1.62 bits per heavy atom. The predicted molar refractivity (Wildman–Crippen MR) is 102 cm³/mol. The van der Waals surface area contributed by atoms with Gasteiger partial charge in [-0.3, -0.25) is 0 Å². The Morgan fingerprint density at radius 3 is 2.31 bits per heavy atom. The smallest absolute Gasteiger partial charge is 0.340 e. The third kappa shape index (κ3) is 2.94. The van der Waals surface area contributed by atoms with Crippen LogP contribution in [-0.4, -0.2) is 49.2 Å². The van der Waals surface area contributed by atoms with Crippen LogP contribution in [0.2, 0.25) is 0 Å². The number of methoxy groups -OCH3 is 1. The van der Waals surface area contributed by atoms with Gasteiger partial charge in [-0.25, -0.2) is 14.8 Å². The zero-order valence-corrected chi connectivity index (χ0v) is 14.6. The van der Waals surface area contributed by atoms with Crippen molar-refractivity contribution in [3.8, 4) is 0 Å². The highest BCUT2D eigenvalue weighted by molar-refractivity contribution is 6.07. The lowest BCUT2D eigenvalue weighted by molar-refractivity contribution is 0.0602. The number of anilines is 2. The normalized spacial score (nSPS) is 14.5. The first-order valence-electron chi connectivity index (χ1n) is 8.65. The summed E-state index contributed by atoms with van der Waals surface area (Å²) in [6.07, 6.45) is 3.44. The van der Waals surface area contributed by atoms with Gasteiger partial charge >= 0.3 is 5.97 Å². The number of aromatic nitrogens is 2. The molecule has 0 N–H and O–H groups in total. The molecule has 0 radical (unpaired) electrons. The number of rotatable bonds is 3. The van der Waals surface area contributed by atoms with E-state index in [9.17, 15) is 4.79 Å². The van der Waals surface area contributed by atoms with Gasteiger partial charge in [-0.2, -0.15) is 0 Å². The highest BCUT2D eigenvalue weighted by Gasteiger charge is 2.22. The number of carbonyl (C=O) groups is 1. The van der Waals surface area contributed by atoms with E-state index in [1.807, 2.05) is 48.7 Å². The van der Waals surface area contributed by atoms with E-state index in [0.717, 1.165) is 48.6 Å². The minimum Gasteiger partial charge on any atom is -0.465 e. The zero-order chi connectivity index (χ0) is 17.9. The van der Waals surface area contributed by atoms with Gasteiger partial charge in [0.15, 0.2) is 0 Å². The first-order chi connectivity index (χ1) is 12.8. The van der Waals surface area contributed by atoms with Crippen LogP contribution in [0.1, 0.15) is 10.4 Å². The molecule has 132 valence electrons. The number of pyridine rings is 2. The van der Waals surface area contributed by atoms with Crippen molar-refractivity contribution in [2.75, 3.05) is 43.1 Å². The van der Waals surface area contributed by atoms with Gasteiger partial charge in [0.1, 0.15) is 11.6 Å². The fourth-order valence-electron chi connectivity index (χ4n) is 3.39. The molecule has 1 aliphatic rings. The molecule has 0 amide bonds. The average Bonchev–Trinajstić information content (AvgIpc) is 2.73. The molecule has 2 aromatic heterocycles. The Labute approximate surface area is 152 Å². The molecule has 0 atom stereocenters. The Hall–Kier alpha value is -3.15. The van der Waals surface area contributed by atoms with Crippen LogP contribution in [0.25, 0.3) is 10.8 Å². The Bertz CT molecular complexity index is 922. The molecular weight excluding hydrogens is 328 g/mol. The maximum atomic E-state index is 12.0. The van der Waals surface area contributed by atoms with Crippen molar-refractivity contribution >= 4 is 28.4 Å². The SMILES string of the molecule is COC(=O)c1cnc(N2CCN(c3ccccn3)CC2)c2ccccc12. The second-order valence-corrected chi connectivity index (χ2v) is 6.19. The molecular formula is C20H20N4O2. The van der Waals surface area contributed by atoms with Crippen LogP contribution >= 0.6 is 0 Å². The maximum Gasteiger partial charge on any atom is 0.340 e. The molecule has 0 unspecified atom stereocenters. The van der Waals surface area contributed by atoms with Gasteiger partial charge in [-0.05, 0) is 12.1 Å². The van der Waals surface area contributed by atoms with Gasteiger partial charge in [-0.15, -0.1) is 0 Å². The van der Waals surface area contributed by atoms with E-state index in [4.69, 9.17) is 4.74 Å². The molecule has 3 aromatic rings. The molecule has 0 aliphatic carbocycles. The lowest BCUT2D eigenvalue weighted by atomic mass is 10.1. The summed E-state index contributed by atoms with van der Waals surface area (Å²) in [6.45, 7) is 3.47. The molecule has 0 saturated carbocycles. The van der Waals surface area contributed by atoms with Crippen molar-refractivity contribution in [2.24, 2.45) is 0 Å². The lowest BCUT2D eigenvalue weighted by Crippen LogP contribution is -2.47. The third-order valence-electron chi connectivity index (χ3n) is 4.73. The summed E-state index contributed by atoms with van der Waals surface area (Å²) in [7, 11) is 1.39. The summed E-state index contributed by atoms with van der Waals surface area (Å²) in [5.74, 6) is 1.56. The number of ether oxygens (including phenoxy) is 1. The maximum absolute atomic E-state index is 12.0. The first-order valence-corrected chi connectivity index (χ1v) is 8.65. The molecule has 4 rings (SSSR count). The summed E-state index contributed by atoms with van der Waals surface area (Å²) in [6, 6.07) is 13.8. The summed E-state index contributed by atoms with van der Waals surface area (Å²) in [5.41, 5.74) is 0.499. The van der Waals surface area contributed by atoms with Crippen LogP contribution in [-0.2, 0) is 4.74 Å². The van der Waals surface area contributed by atoms with E-state index in [0.29, 0.717) is 5.56 Å². The van der Waals surface area contributed by atoms with Crippen LogP contribution in [0.4, 0.5) is 11.6 Å². The van der Waals surface area contributed by atoms with Crippen LogP contribution in [0.3, 0.4) is 0 Å². The van der Waals surface area contributed by atoms with Gasteiger partial charge in [0, 0.05) is 49.3 Å². The van der Waals surface area contributed by atoms with Gasteiger partial charge in [0.2, 0.25) is 0 Å². The summed E-state index contributed by atoms with van der Waals surface area (Å²) in [4.78, 5) is 25.6. The minimum absolute atomic E-state index is 0.361. The Morgan fingerprint density at radius 1 is 0.923 bits per heavy atom. The molecule has 6 heteroatoms. The fourth-order valence-corrected chi connectivity index (χ4v) is 3.39. The van der Waals surface area contributed by atoms with Gasteiger partial charge in [0.25, 0.3) is 0 Å². The lowest BCUT2D eigenvalue weighted by Gasteiger charge is -2.36. The Balaban J connectivity index is 1.61. The second-order valence-electron chi connectivity index (χ2n) is 6.19. The van der Waals surface area contributed by atoms with Crippen LogP contribution in [0.15, 0.2) is 54.9 Å². The third-order valence-corrected chi connectivity index (χ3v) is 4.73. The van der Waals surface area contributed by atoms with Crippen molar-refractivity contribution in [3.05, 3.63) is 60.4 Å². The number of benzene rings is 1. The topological polar surface area (TPSA) is 58.6 Å². The molecule has 1 aromatic carbocycles. The Kier molecular flexibility index (Phi) is 4.39. The minimum atomic E-state index is -0.361. The van der Waals surface area contributed by atoms with Crippen molar-refractivity contribution < 1.29 is 9.53 Å². The van der Waals surface area contributed by atoms with E-state index in [2.05, 4.69) is 19.8 Å². The van der Waals surface area contributed by atoms with Crippen LogP contribution in [0.5, 0.6) is 0 Å². The number of esters is 1. The predicted octanol–water partition coefficient (Wildman–Crippen LogP) is 2.74. The summed E-state index contributed by atoms with van der Waals surface area (Å²) >= 11 is 0. The quantitative estimate of drug-likeness (QED) is 0.679. The van der Waals surface area contributed by atoms with Gasteiger partial charge in [0.05, 0.1) is 12.7 Å².